The predicted molar refractivity (Wildman–Crippen MR) is 65.5 cm³/mol. The highest BCUT2D eigenvalue weighted by atomic mass is 35.5. The normalized spacial score (nSPS) is 11.5. The van der Waals surface area contributed by atoms with Gasteiger partial charge in [0.2, 0.25) is 0 Å². The maximum atomic E-state index is 9.42. The third-order valence-corrected chi connectivity index (χ3v) is 3.23. The lowest BCUT2D eigenvalue weighted by atomic mass is 9.94. The van der Waals surface area contributed by atoms with Gasteiger partial charge in [-0.3, -0.25) is 0 Å². The number of rotatable bonds is 5. The number of aromatic nitrogens is 2. The number of halogens is 1. The van der Waals surface area contributed by atoms with E-state index in [4.69, 9.17) is 17.3 Å². The van der Waals surface area contributed by atoms with Crippen molar-refractivity contribution >= 4 is 23.2 Å². The molecule has 16 heavy (non-hydrogen) atoms. The van der Waals surface area contributed by atoms with Gasteiger partial charge in [-0.25, -0.2) is 9.97 Å². The summed E-state index contributed by atoms with van der Waals surface area (Å²) in [6.45, 7) is 4.00. The number of nitrogens with one attached hydrogen (secondary N) is 1. The Morgan fingerprint density at radius 1 is 1.44 bits per heavy atom. The second-order valence-electron chi connectivity index (χ2n) is 3.69. The topological polar surface area (TPSA) is 84.1 Å². The van der Waals surface area contributed by atoms with Crippen molar-refractivity contribution in [1.82, 2.24) is 9.97 Å². The van der Waals surface area contributed by atoms with E-state index in [-0.39, 0.29) is 12.4 Å². The molecule has 1 aromatic heterocycles. The maximum Gasteiger partial charge on any atom is 0.150 e. The minimum absolute atomic E-state index is 0.0141. The molecule has 1 aromatic rings. The van der Waals surface area contributed by atoms with E-state index >= 15 is 0 Å². The average Bonchev–Trinajstić information content (AvgIpc) is 2.32. The van der Waals surface area contributed by atoms with Crippen LogP contribution in [0.4, 0.5) is 11.6 Å². The number of nitrogens with zero attached hydrogens (tertiary/aromatic N) is 2. The second-order valence-corrected chi connectivity index (χ2v) is 4.07. The molecule has 0 aliphatic rings. The second kappa shape index (κ2) is 5.32. The van der Waals surface area contributed by atoms with Crippen molar-refractivity contribution in [3.63, 3.8) is 0 Å². The molecule has 0 bridgehead atoms. The van der Waals surface area contributed by atoms with Crippen LogP contribution in [0.3, 0.4) is 0 Å². The van der Waals surface area contributed by atoms with Gasteiger partial charge in [-0.1, -0.05) is 25.4 Å². The molecule has 0 saturated carbocycles. The van der Waals surface area contributed by atoms with Gasteiger partial charge in [0.05, 0.1) is 12.1 Å². The number of nitrogen functional groups attached to an aromatic ring is 1. The van der Waals surface area contributed by atoms with E-state index in [0.717, 1.165) is 12.8 Å². The summed E-state index contributed by atoms with van der Waals surface area (Å²) in [7, 11) is 0. The van der Waals surface area contributed by atoms with E-state index in [2.05, 4.69) is 15.3 Å². The van der Waals surface area contributed by atoms with Crippen molar-refractivity contribution < 1.29 is 5.11 Å². The molecule has 0 fully saturated rings. The largest absolute Gasteiger partial charge is 0.394 e. The first-order chi connectivity index (χ1) is 7.58. The first kappa shape index (κ1) is 13.0. The number of nitrogens with two attached hydrogens (primary N) is 1. The summed E-state index contributed by atoms with van der Waals surface area (Å²) in [6.07, 6.45) is 2.87. The standard InChI is InChI=1S/C10H17ClN4O/c1-3-10(4-2,5-16)15-9-7(11)8(12)13-6-14-9/h6,16H,3-5H2,1-2H3,(H3,12,13,14,15). The SMILES string of the molecule is CCC(CC)(CO)Nc1ncnc(N)c1Cl. The summed E-state index contributed by atoms with van der Waals surface area (Å²) in [4.78, 5) is 7.80. The summed E-state index contributed by atoms with van der Waals surface area (Å²) >= 11 is 5.98. The summed E-state index contributed by atoms with van der Waals surface area (Å²) in [5.41, 5.74) is 5.17. The molecule has 0 aliphatic carbocycles. The van der Waals surface area contributed by atoms with Gasteiger partial charge >= 0.3 is 0 Å². The van der Waals surface area contributed by atoms with Crippen molar-refractivity contribution in [3.05, 3.63) is 11.3 Å². The first-order valence-electron chi connectivity index (χ1n) is 5.23. The fourth-order valence-corrected chi connectivity index (χ4v) is 1.56. The Morgan fingerprint density at radius 2 is 2.06 bits per heavy atom. The van der Waals surface area contributed by atoms with Crippen LogP contribution in [0.15, 0.2) is 6.33 Å². The highest BCUT2D eigenvalue weighted by molar-refractivity contribution is 6.35. The Labute approximate surface area is 100 Å². The lowest BCUT2D eigenvalue weighted by Gasteiger charge is -2.31. The van der Waals surface area contributed by atoms with Crippen LogP contribution in [-0.4, -0.2) is 27.2 Å². The molecule has 0 spiro atoms. The van der Waals surface area contributed by atoms with E-state index in [9.17, 15) is 5.11 Å². The minimum Gasteiger partial charge on any atom is -0.394 e. The van der Waals surface area contributed by atoms with E-state index < -0.39 is 5.54 Å². The van der Waals surface area contributed by atoms with Gasteiger partial charge in [0.25, 0.3) is 0 Å². The van der Waals surface area contributed by atoms with Crippen molar-refractivity contribution in [1.29, 1.82) is 0 Å². The molecular weight excluding hydrogens is 228 g/mol. The molecule has 4 N–H and O–H groups in total. The molecule has 0 aliphatic heterocycles. The lowest BCUT2D eigenvalue weighted by molar-refractivity contribution is 0.202. The summed E-state index contributed by atoms with van der Waals surface area (Å²) in [5.74, 6) is 0.699. The number of anilines is 2. The van der Waals surface area contributed by atoms with Crippen molar-refractivity contribution in [3.8, 4) is 0 Å². The summed E-state index contributed by atoms with van der Waals surface area (Å²) < 4.78 is 0. The van der Waals surface area contributed by atoms with Crippen LogP contribution in [0, 0.1) is 0 Å². The molecule has 5 nitrogen and oxygen atoms in total. The zero-order valence-electron chi connectivity index (χ0n) is 9.50. The van der Waals surface area contributed by atoms with E-state index in [1.807, 2.05) is 13.8 Å². The van der Waals surface area contributed by atoms with Crippen LogP contribution >= 0.6 is 11.6 Å². The van der Waals surface area contributed by atoms with E-state index in [1.54, 1.807) is 0 Å². The molecule has 0 unspecified atom stereocenters. The van der Waals surface area contributed by atoms with Crippen LogP contribution in [-0.2, 0) is 0 Å². The summed E-state index contributed by atoms with van der Waals surface area (Å²) in [5, 5.41) is 12.8. The van der Waals surface area contributed by atoms with Crippen molar-refractivity contribution in [2.45, 2.75) is 32.2 Å². The van der Waals surface area contributed by atoms with E-state index in [0.29, 0.717) is 10.8 Å². The quantitative estimate of drug-likeness (QED) is 0.734. The number of aliphatic hydroxyl groups is 1. The van der Waals surface area contributed by atoms with Gasteiger partial charge < -0.3 is 16.2 Å². The molecule has 6 heteroatoms. The summed E-state index contributed by atoms with van der Waals surface area (Å²) in [6, 6.07) is 0. The predicted octanol–water partition coefficient (Wildman–Crippen LogP) is 1.68. The van der Waals surface area contributed by atoms with Crippen LogP contribution in [0.2, 0.25) is 5.02 Å². The molecule has 0 saturated heterocycles. The Balaban J connectivity index is 2.98. The Hall–Kier alpha value is -1.07. The van der Waals surface area contributed by atoms with Crippen LogP contribution in [0.5, 0.6) is 0 Å². The van der Waals surface area contributed by atoms with Crippen LogP contribution in [0.25, 0.3) is 0 Å². The zero-order valence-corrected chi connectivity index (χ0v) is 10.3. The van der Waals surface area contributed by atoms with Gasteiger partial charge in [0.15, 0.2) is 5.82 Å². The molecule has 0 atom stereocenters. The lowest BCUT2D eigenvalue weighted by Crippen LogP contribution is -2.41. The monoisotopic (exact) mass is 244 g/mol. The minimum atomic E-state index is -0.412. The maximum absolute atomic E-state index is 9.42. The van der Waals surface area contributed by atoms with Crippen molar-refractivity contribution in [2.24, 2.45) is 0 Å². The van der Waals surface area contributed by atoms with Gasteiger partial charge in [-0.05, 0) is 12.8 Å². The van der Waals surface area contributed by atoms with Gasteiger partial charge in [-0.2, -0.15) is 0 Å². The highest BCUT2D eigenvalue weighted by Gasteiger charge is 2.26. The van der Waals surface area contributed by atoms with Crippen molar-refractivity contribution in [2.75, 3.05) is 17.7 Å². The third-order valence-electron chi connectivity index (χ3n) is 2.86. The molecule has 1 rings (SSSR count). The Bertz CT molecular complexity index is 346. The zero-order chi connectivity index (χ0) is 12.2. The van der Waals surface area contributed by atoms with Gasteiger partial charge in [0.1, 0.15) is 17.2 Å². The molecule has 0 amide bonds. The Kier molecular flexibility index (Phi) is 4.32. The van der Waals surface area contributed by atoms with Gasteiger partial charge in [-0.15, -0.1) is 0 Å². The molecule has 1 heterocycles. The number of hydrogen-bond acceptors (Lipinski definition) is 5. The first-order valence-corrected chi connectivity index (χ1v) is 5.61. The molecular formula is C10H17ClN4O. The molecule has 0 radical (unpaired) electrons. The Morgan fingerprint density at radius 3 is 2.56 bits per heavy atom. The fourth-order valence-electron chi connectivity index (χ4n) is 1.41. The molecule has 90 valence electrons. The third kappa shape index (κ3) is 2.54. The fraction of sp³-hybridized carbons (Fsp3) is 0.600. The van der Waals surface area contributed by atoms with Crippen LogP contribution in [0.1, 0.15) is 26.7 Å². The van der Waals surface area contributed by atoms with E-state index in [1.165, 1.54) is 6.33 Å². The number of aliphatic hydroxyl groups excluding tert-OH is 1. The number of hydrogen-bond donors (Lipinski definition) is 3. The smallest absolute Gasteiger partial charge is 0.150 e. The highest BCUT2D eigenvalue weighted by Crippen LogP contribution is 2.28. The van der Waals surface area contributed by atoms with Gasteiger partial charge in [0, 0.05) is 0 Å². The average molecular weight is 245 g/mol. The van der Waals surface area contributed by atoms with Crippen LogP contribution < -0.4 is 11.1 Å². The molecule has 0 aromatic carbocycles.